The van der Waals surface area contributed by atoms with Crippen LogP contribution in [0.3, 0.4) is 0 Å². The summed E-state index contributed by atoms with van der Waals surface area (Å²) >= 11 is 0.382. The van der Waals surface area contributed by atoms with Crippen LogP contribution >= 0.6 is 20.3 Å². The maximum Gasteiger partial charge on any atom is 0.0109 e. The third-order valence-electron chi connectivity index (χ3n) is 0.968. The summed E-state index contributed by atoms with van der Waals surface area (Å²) in [6.07, 6.45) is 0. The van der Waals surface area contributed by atoms with Gasteiger partial charge in [0.15, 0.2) is 0 Å². The molecule has 5 heteroatoms. The van der Waals surface area contributed by atoms with E-state index in [2.05, 4.69) is 4.90 Å². The summed E-state index contributed by atoms with van der Waals surface area (Å²) in [5.41, 5.74) is 6.73. The van der Waals surface area contributed by atoms with E-state index in [9.17, 15) is 0 Å². The van der Waals surface area contributed by atoms with Crippen molar-refractivity contribution in [2.45, 2.75) is 0 Å². The van der Waals surface area contributed by atoms with Crippen molar-refractivity contribution >= 4 is 20.3 Å². The van der Waals surface area contributed by atoms with Gasteiger partial charge in [-0.2, -0.15) is 0 Å². The van der Waals surface area contributed by atoms with Crippen molar-refractivity contribution in [2.24, 2.45) is 0 Å². The molecule has 1 saturated heterocycles. The van der Waals surface area contributed by atoms with Gasteiger partial charge in [0, 0.05) is 13.1 Å². The van der Waals surface area contributed by atoms with E-state index in [-0.39, 0.29) is 0 Å². The second-order valence-electron chi connectivity index (χ2n) is 1.64. The Morgan fingerprint density at radius 2 is 1.89 bits per heavy atom. The summed E-state index contributed by atoms with van der Waals surface area (Å²) in [7, 11) is 9.47. The molecule has 0 aromatic rings. The molecule has 1 heterocycles. The van der Waals surface area contributed by atoms with Gasteiger partial charge in [-0.1, -0.05) is 0 Å². The molecular weight excluding hydrogens is 206 g/mol. The minimum atomic E-state index is 0.382. The first-order valence-corrected chi connectivity index (χ1v) is 5.42. The number of nitrogens with one attached hydrogen (secondary N) is 1. The Kier molecular flexibility index (Phi) is 7.91. The van der Waals surface area contributed by atoms with Crippen LogP contribution in [-0.4, -0.2) is 31.1 Å². The zero-order valence-electron chi connectivity index (χ0n) is 4.86. The van der Waals surface area contributed by atoms with Gasteiger partial charge in [-0.15, -0.1) is 6.54 Å². The maximum absolute atomic E-state index is 6.73. The van der Waals surface area contributed by atoms with E-state index in [1.165, 1.54) is 13.1 Å². The Morgan fingerprint density at radius 3 is 2.00 bits per heavy atom. The quantitative estimate of drug-likeness (QED) is 0.644. The van der Waals surface area contributed by atoms with Crippen LogP contribution in [0.25, 0.3) is 5.73 Å². The standard InChI is InChI=1S/C4H9N2.2ClH.Co/c5-1-2-6-3-4-6;;;/h5H,1-4H2;2*1H;/q-1;;;+2/p-2. The zero-order chi connectivity index (χ0) is 7.11. The van der Waals surface area contributed by atoms with Gasteiger partial charge in [0.05, 0.1) is 0 Å². The number of halogens is 2. The fourth-order valence-corrected chi connectivity index (χ4v) is 0.452. The molecule has 1 aliphatic heterocycles. The average molecular weight is 215 g/mol. The Bertz CT molecular complexity index is 60.5. The van der Waals surface area contributed by atoms with Crippen LogP contribution in [0.5, 0.6) is 0 Å². The van der Waals surface area contributed by atoms with Gasteiger partial charge in [-0.25, -0.2) is 0 Å². The number of rotatable bonds is 2. The van der Waals surface area contributed by atoms with Crippen LogP contribution in [0.2, 0.25) is 0 Å². The topological polar surface area (TPSA) is 26.8 Å². The van der Waals surface area contributed by atoms with Crippen LogP contribution in [-0.2, 0) is 12.9 Å². The second kappa shape index (κ2) is 7.12. The minimum Gasteiger partial charge on any atom is -0.676 e. The Hall–Kier alpha value is 1.01. The third-order valence-corrected chi connectivity index (χ3v) is 0.968. The SMILES string of the molecule is [Cl][Co][Cl].[NH-]CCN1CC1. The van der Waals surface area contributed by atoms with E-state index in [1.54, 1.807) is 0 Å². The number of hydrogen-bond donors (Lipinski definition) is 0. The van der Waals surface area contributed by atoms with E-state index < -0.39 is 0 Å². The molecule has 0 aromatic heterocycles. The van der Waals surface area contributed by atoms with E-state index in [0.717, 1.165) is 6.54 Å². The van der Waals surface area contributed by atoms with Crippen LogP contribution in [0.4, 0.5) is 0 Å². The van der Waals surface area contributed by atoms with Crippen molar-refractivity contribution in [3.05, 3.63) is 5.73 Å². The van der Waals surface area contributed by atoms with Gasteiger partial charge in [0.1, 0.15) is 0 Å². The molecule has 0 aliphatic carbocycles. The molecule has 0 bridgehead atoms. The molecule has 2 nitrogen and oxygen atoms in total. The van der Waals surface area contributed by atoms with Gasteiger partial charge >= 0.3 is 33.2 Å². The van der Waals surface area contributed by atoms with E-state index in [0.29, 0.717) is 19.4 Å². The van der Waals surface area contributed by atoms with Gasteiger partial charge in [-0.05, 0) is 6.54 Å². The molecule has 0 saturated carbocycles. The molecule has 0 radical (unpaired) electrons. The second-order valence-corrected chi connectivity index (χ2v) is 3.36. The van der Waals surface area contributed by atoms with E-state index in [1.807, 2.05) is 0 Å². The van der Waals surface area contributed by atoms with Gasteiger partial charge < -0.3 is 10.6 Å². The monoisotopic (exact) mass is 214 g/mol. The summed E-state index contributed by atoms with van der Waals surface area (Å²) in [6, 6.07) is 0. The number of hydrogen-bond acceptors (Lipinski definition) is 1. The molecule has 1 fully saturated rings. The van der Waals surface area contributed by atoms with Crippen molar-refractivity contribution in [3.63, 3.8) is 0 Å². The summed E-state index contributed by atoms with van der Waals surface area (Å²) in [5.74, 6) is 0. The summed E-state index contributed by atoms with van der Waals surface area (Å²) in [5, 5.41) is 0. The van der Waals surface area contributed by atoms with E-state index in [4.69, 9.17) is 26.0 Å². The molecule has 0 aromatic carbocycles. The third kappa shape index (κ3) is 9.01. The average Bonchev–Trinajstić information content (AvgIpc) is 2.53. The molecule has 0 unspecified atom stereocenters. The van der Waals surface area contributed by atoms with Crippen LogP contribution in [0, 0.1) is 0 Å². The molecule has 59 valence electrons. The molecular formula is C4H9Cl2CoN2-. The van der Waals surface area contributed by atoms with Crippen LogP contribution in [0.15, 0.2) is 0 Å². The fourth-order valence-electron chi connectivity index (χ4n) is 0.452. The molecule has 1 rings (SSSR count). The normalized spacial score (nSPS) is 16.8. The van der Waals surface area contributed by atoms with Gasteiger partial charge in [-0.3, -0.25) is 0 Å². The Labute approximate surface area is 70.1 Å². The van der Waals surface area contributed by atoms with Gasteiger partial charge in [0.2, 0.25) is 0 Å². The number of nitrogens with zero attached hydrogens (tertiary/aromatic N) is 1. The first-order valence-electron chi connectivity index (χ1n) is 2.55. The first-order chi connectivity index (χ1) is 4.35. The maximum atomic E-state index is 6.73. The minimum absolute atomic E-state index is 0.382. The van der Waals surface area contributed by atoms with E-state index >= 15 is 0 Å². The largest absolute Gasteiger partial charge is 0.676 e. The van der Waals surface area contributed by atoms with Crippen LogP contribution < -0.4 is 0 Å². The summed E-state index contributed by atoms with van der Waals surface area (Å²) in [6.45, 7) is 4.03. The predicted molar refractivity (Wildman–Crippen MR) is 37.3 cm³/mol. The molecule has 0 atom stereocenters. The van der Waals surface area contributed by atoms with Crippen LogP contribution in [0.1, 0.15) is 0 Å². The predicted octanol–water partition coefficient (Wildman–Crippen LogP) is 1.73. The first kappa shape index (κ1) is 10.0. The van der Waals surface area contributed by atoms with Crippen molar-refractivity contribution in [2.75, 3.05) is 26.2 Å². The Morgan fingerprint density at radius 1 is 1.44 bits per heavy atom. The summed E-state index contributed by atoms with van der Waals surface area (Å²) < 4.78 is 0. The molecule has 1 N–H and O–H groups in total. The molecule has 0 spiro atoms. The molecule has 9 heavy (non-hydrogen) atoms. The van der Waals surface area contributed by atoms with Gasteiger partial charge in [0.25, 0.3) is 0 Å². The summed E-state index contributed by atoms with van der Waals surface area (Å²) in [4.78, 5) is 2.24. The smallest absolute Gasteiger partial charge is 0.0109 e. The van der Waals surface area contributed by atoms with Crippen molar-refractivity contribution in [1.29, 1.82) is 0 Å². The zero-order valence-corrected chi connectivity index (χ0v) is 7.42. The molecule has 0 amide bonds. The fraction of sp³-hybridized carbons (Fsp3) is 1.00. The molecule has 1 aliphatic rings. The van der Waals surface area contributed by atoms with Crippen molar-refractivity contribution in [1.82, 2.24) is 4.90 Å². The Balaban J connectivity index is 0.000000187. The van der Waals surface area contributed by atoms with Crippen molar-refractivity contribution in [3.8, 4) is 0 Å². The van der Waals surface area contributed by atoms with Crippen molar-refractivity contribution < 1.29 is 12.9 Å².